The average Bonchev–Trinajstić information content (AvgIpc) is 2.14. The van der Waals surface area contributed by atoms with Crippen molar-refractivity contribution in [3.63, 3.8) is 0 Å². The van der Waals surface area contributed by atoms with E-state index in [0.717, 1.165) is 6.07 Å². The van der Waals surface area contributed by atoms with E-state index in [1.54, 1.807) is 20.8 Å². The molecule has 0 aromatic heterocycles. The molecule has 1 aromatic carbocycles. The van der Waals surface area contributed by atoms with Crippen molar-refractivity contribution in [2.45, 2.75) is 32.3 Å². The highest BCUT2D eigenvalue weighted by molar-refractivity contribution is 6.17. The van der Waals surface area contributed by atoms with Crippen LogP contribution in [0.1, 0.15) is 36.7 Å². The number of carbonyl (C=O) groups excluding carboxylic acids is 1. The summed E-state index contributed by atoms with van der Waals surface area (Å²) < 4.78 is 18.3. The quantitative estimate of drug-likeness (QED) is 0.588. The van der Waals surface area contributed by atoms with Gasteiger partial charge in [-0.15, -0.1) is 11.6 Å². The molecule has 0 N–H and O–H groups in total. The Morgan fingerprint density at radius 1 is 1.38 bits per heavy atom. The van der Waals surface area contributed by atoms with Gasteiger partial charge in [0, 0.05) is 5.88 Å². The van der Waals surface area contributed by atoms with E-state index < -0.39 is 17.4 Å². The summed E-state index contributed by atoms with van der Waals surface area (Å²) in [5, 5.41) is 0. The van der Waals surface area contributed by atoms with Crippen LogP contribution in [-0.4, -0.2) is 11.6 Å². The molecule has 4 heteroatoms. The number of hydrogen-bond donors (Lipinski definition) is 0. The lowest BCUT2D eigenvalue weighted by molar-refractivity contribution is 0.00689. The van der Waals surface area contributed by atoms with Gasteiger partial charge in [-0.1, -0.05) is 0 Å². The van der Waals surface area contributed by atoms with Crippen LogP contribution in [0.15, 0.2) is 18.2 Å². The molecule has 0 radical (unpaired) electrons. The van der Waals surface area contributed by atoms with Crippen LogP contribution in [0.3, 0.4) is 0 Å². The summed E-state index contributed by atoms with van der Waals surface area (Å²) in [5.41, 5.74) is 0.151. The molecule has 0 saturated heterocycles. The lowest BCUT2D eigenvalue weighted by Gasteiger charge is -2.19. The van der Waals surface area contributed by atoms with E-state index in [2.05, 4.69) is 0 Å². The number of halogens is 2. The molecule has 0 aliphatic carbocycles. The minimum Gasteiger partial charge on any atom is -0.456 e. The molecule has 0 amide bonds. The van der Waals surface area contributed by atoms with Crippen molar-refractivity contribution in [3.8, 4) is 0 Å². The van der Waals surface area contributed by atoms with Crippen molar-refractivity contribution < 1.29 is 13.9 Å². The summed E-state index contributed by atoms with van der Waals surface area (Å²) in [6.45, 7) is 5.27. The molecule has 88 valence electrons. The van der Waals surface area contributed by atoms with Gasteiger partial charge in [0.25, 0.3) is 0 Å². The monoisotopic (exact) mass is 244 g/mol. The Morgan fingerprint density at radius 3 is 2.50 bits per heavy atom. The van der Waals surface area contributed by atoms with Crippen LogP contribution >= 0.6 is 11.6 Å². The summed E-state index contributed by atoms with van der Waals surface area (Å²) in [5.74, 6) is -0.870. The Labute approximate surface area is 99.4 Å². The number of ether oxygens (including phenoxy) is 1. The molecule has 0 unspecified atom stereocenters. The van der Waals surface area contributed by atoms with Crippen molar-refractivity contribution in [1.29, 1.82) is 0 Å². The molecule has 0 aliphatic heterocycles. The van der Waals surface area contributed by atoms with Crippen LogP contribution in [0.25, 0.3) is 0 Å². The van der Waals surface area contributed by atoms with E-state index in [-0.39, 0.29) is 11.4 Å². The van der Waals surface area contributed by atoms with Crippen molar-refractivity contribution in [2.24, 2.45) is 0 Å². The minimum atomic E-state index is -0.593. The van der Waals surface area contributed by atoms with E-state index in [1.807, 2.05) is 0 Å². The lowest BCUT2D eigenvalue weighted by atomic mass is 10.1. The largest absolute Gasteiger partial charge is 0.456 e. The summed E-state index contributed by atoms with van der Waals surface area (Å²) in [4.78, 5) is 11.6. The molecule has 1 aromatic rings. The van der Waals surface area contributed by atoms with Gasteiger partial charge in [-0.25, -0.2) is 9.18 Å². The van der Waals surface area contributed by atoms with Crippen LogP contribution in [0, 0.1) is 5.82 Å². The van der Waals surface area contributed by atoms with Crippen LogP contribution in [0.2, 0.25) is 0 Å². The third-order valence-corrected chi connectivity index (χ3v) is 2.06. The molecule has 0 saturated carbocycles. The van der Waals surface area contributed by atoms with Crippen LogP contribution in [0.5, 0.6) is 0 Å². The summed E-state index contributed by atoms with van der Waals surface area (Å²) in [6.07, 6.45) is 0. The number of alkyl halides is 1. The minimum absolute atomic E-state index is 0.160. The first-order valence-corrected chi connectivity index (χ1v) is 5.44. The van der Waals surface area contributed by atoms with Gasteiger partial charge in [-0.2, -0.15) is 0 Å². The maximum absolute atomic E-state index is 13.1. The van der Waals surface area contributed by atoms with Crippen molar-refractivity contribution in [2.75, 3.05) is 0 Å². The Balaban J connectivity index is 2.95. The second-order valence-electron chi connectivity index (χ2n) is 4.48. The molecular formula is C12H14ClFO2. The van der Waals surface area contributed by atoms with Crippen molar-refractivity contribution in [1.82, 2.24) is 0 Å². The third kappa shape index (κ3) is 3.81. The Hall–Kier alpha value is -1.09. The second kappa shape index (κ2) is 4.83. The van der Waals surface area contributed by atoms with E-state index in [0.29, 0.717) is 5.56 Å². The molecule has 0 atom stereocenters. The molecule has 0 aliphatic rings. The lowest BCUT2D eigenvalue weighted by Crippen LogP contribution is -2.24. The number of esters is 1. The van der Waals surface area contributed by atoms with Gasteiger partial charge in [0.1, 0.15) is 11.4 Å². The fourth-order valence-electron chi connectivity index (χ4n) is 1.18. The van der Waals surface area contributed by atoms with E-state index in [9.17, 15) is 9.18 Å². The highest BCUT2D eigenvalue weighted by Gasteiger charge is 2.18. The topological polar surface area (TPSA) is 26.3 Å². The fraction of sp³-hybridized carbons (Fsp3) is 0.417. The van der Waals surface area contributed by atoms with Crippen molar-refractivity contribution in [3.05, 3.63) is 35.1 Å². The number of hydrogen-bond acceptors (Lipinski definition) is 2. The molecule has 2 nitrogen and oxygen atoms in total. The van der Waals surface area contributed by atoms with E-state index >= 15 is 0 Å². The maximum atomic E-state index is 13.1. The first kappa shape index (κ1) is 13.0. The summed E-state index contributed by atoms with van der Waals surface area (Å²) in [7, 11) is 0. The highest BCUT2D eigenvalue weighted by Crippen LogP contribution is 2.16. The SMILES string of the molecule is CC(C)(C)OC(=O)c1cc(F)cc(CCl)c1. The predicted molar refractivity (Wildman–Crippen MR) is 61.1 cm³/mol. The van der Waals surface area contributed by atoms with Gasteiger partial charge >= 0.3 is 5.97 Å². The molecule has 0 bridgehead atoms. The first-order valence-electron chi connectivity index (χ1n) is 4.90. The highest BCUT2D eigenvalue weighted by atomic mass is 35.5. The Morgan fingerprint density at radius 2 is 2.00 bits per heavy atom. The Bertz CT molecular complexity index is 396. The maximum Gasteiger partial charge on any atom is 0.338 e. The first-order chi connectivity index (χ1) is 7.31. The number of carbonyl (C=O) groups is 1. The zero-order valence-corrected chi connectivity index (χ0v) is 10.3. The van der Waals surface area contributed by atoms with Crippen LogP contribution < -0.4 is 0 Å². The molecule has 0 spiro atoms. The molecule has 0 fully saturated rings. The van der Waals surface area contributed by atoms with Gasteiger partial charge in [0.05, 0.1) is 5.56 Å². The molecule has 16 heavy (non-hydrogen) atoms. The smallest absolute Gasteiger partial charge is 0.338 e. The van der Waals surface area contributed by atoms with E-state index in [1.165, 1.54) is 12.1 Å². The Kier molecular flexibility index (Phi) is 3.92. The summed E-state index contributed by atoms with van der Waals surface area (Å²) in [6, 6.07) is 3.97. The third-order valence-electron chi connectivity index (χ3n) is 1.75. The molecular weight excluding hydrogens is 231 g/mol. The average molecular weight is 245 g/mol. The van der Waals surface area contributed by atoms with Crippen LogP contribution in [0.4, 0.5) is 4.39 Å². The second-order valence-corrected chi connectivity index (χ2v) is 4.75. The number of rotatable bonds is 2. The normalized spacial score (nSPS) is 11.3. The predicted octanol–water partition coefficient (Wildman–Crippen LogP) is 3.52. The van der Waals surface area contributed by atoms with Gasteiger partial charge in [0.2, 0.25) is 0 Å². The van der Waals surface area contributed by atoms with Gasteiger partial charge in [0.15, 0.2) is 0 Å². The number of benzene rings is 1. The van der Waals surface area contributed by atoms with Crippen molar-refractivity contribution >= 4 is 17.6 Å². The molecule has 0 heterocycles. The fourth-order valence-corrected chi connectivity index (χ4v) is 1.34. The zero-order chi connectivity index (χ0) is 12.3. The van der Waals surface area contributed by atoms with Gasteiger partial charge < -0.3 is 4.74 Å². The van der Waals surface area contributed by atoms with Gasteiger partial charge in [-0.3, -0.25) is 0 Å². The van der Waals surface area contributed by atoms with E-state index in [4.69, 9.17) is 16.3 Å². The standard InChI is InChI=1S/C12H14ClFO2/c1-12(2,3)16-11(15)9-4-8(7-13)5-10(14)6-9/h4-6H,7H2,1-3H3. The van der Waals surface area contributed by atoms with Crippen LogP contribution in [-0.2, 0) is 10.6 Å². The molecule has 1 rings (SSSR count). The zero-order valence-electron chi connectivity index (χ0n) is 9.51. The summed E-state index contributed by atoms with van der Waals surface area (Å²) >= 11 is 5.59. The van der Waals surface area contributed by atoms with Gasteiger partial charge in [-0.05, 0) is 44.5 Å².